The first-order valence-corrected chi connectivity index (χ1v) is 11.1. The molecule has 3 unspecified atom stereocenters. The maximum absolute atomic E-state index is 12.8. The van der Waals surface area contributed by atoms with Gasteiger partial charge in [0, 0.05) is 17.3 Å². The molecule has 0 aliphatic heterocycles. The second-order valence-electron chi connectivity index (χ2n) is 9.56. The van der Waals surface area contributed by atoms with E-state index in [1.165, 1.54) is 0 Å². The number of hydrogen-bond acceptors (Lipinski definition) is 4. The fourth-order valence-electron chi connectivity index (χ4n) is 7.34. The standard InChI is InChI=1S/C22H29FO3S/c1-12-8-16-15-5-4-13-9-14(24)6-7-21(13,2)19(15)17(25)10-22(16,3)18(12)20(26)27-11-23/h6-7,9,12,15-19,25H,4-5,8,10-11H2,1-3H3/t12-,15?,16?,17+,18-,19?,21+,22+/m1/s1. The molecule has 0 spiro atoms. The van der Waals surface area contributed by atoms with Crippen LogP contribution in [0.25, 0.3) is 0 Å². The van der Waals surface area contributed by atoms with Gasteiger partial charge in [0.25, 0.3) is 0 Å². The smallest absolute Gasteiger partial charge is 0.195 e. The number of rotatable bonds is 2. The zero-order valence-corrected chi connectivity index (χ0v) is 17.1. The van der Waals surface area contributed by atoms with E-state index >= 15 is 0 Å². The summed E-state index contributed by atoms with van der Waals surface area (Å²) in [6.07, 6.45) is 8.27. The monoisotopic (exact) mass is 392 g/mol. The van der Waals surface area contributed by atoms with Crippen LogP contribution in [0.5, 0.6) is 0 Å². The average Bonchev–Trinajstić information content (AvgIpc) is 2.85. The van der Waals surface area contributed by atoms with Crippen LogP contribution in [-0.4, -0.2) is 28.1 Å². The van der Waals surface area contributed by atoms with Crippen molar-refractivity contribution in [2.24, 2.45) is 40.4 Å². The lowest BCUT2D eigenvalue weighted by Crippen LogP contribution is -2.56. The number of hydrogen-bond donors (Lipinski definition) is 1. The van der Waals surface area contributed by atoms with Gasteiger partial charge in [-0.25, -0.2) is 4.39 Å². The zero-order valence-electron chi connectivity index (χ0n) is 16.3. The largest absolute Gasteiger partial charge is 0.393 e. The molecule has 0 aromatic heterocycles. The molecule has 0 aromatic carbocycles. The third-order valence-electron chi connectivity index (χ3n) is 8.29. The fourth-order valence-corrected chi connectivity index (χ4v) is 8.13. The predicted molar refractivity (Wildman–Crippen MR) is 105 cm³/mol. The van der Waals surface area contributed by atoms with Crippen molar-refractivity contribution in [1.29, 1.82) is 0 Å². The molecule has 3 nitrogen and oxygen atoms in total. The van der Waals surface area contributed by atoms with Crippen LogP contribution in [0.2, 0.25) is 0 Å². The summed E-state index contributed by atoms with van der Waals surface area (Å²) in [4.78, 5) is 24.6. The van der Waals surface area contributed by atoms with Crippen LogP contribution in [0.15, 0.2) is 23.8 Å². The number of allylic oxidation sites excluding steroid dienone is 4. The van der Waals surface area contributed by atoms with Gasteiger partial charge >= 0.3 is 0 Å². The maximum atomic E-state index is 12.8. The summed E-state index contributed by atoms with van der Waals surface area (Å²) in [6, 6.07) is -0.678. The first-order chi connectivity index (χ1) is 12.7. The Bertz CT molecular complexity index is 731. The Labute approximate surface area is 164 Å². The topological polar surface area (TPSA) is 54.4 Å². The Kier molecular flexibility index (Phi) is 4.70. The Morgan fingerprint density at radius 3 is 2.85 bits per heavy atom. The number of carbonyl (C=O) groups is 2. The lowest BCUT2D eigenvalue weighted by molar-refractivity contribution is -0.133. The van der Waals surface area contributed by atoms with Crippen LogP contribution in [-0.2, 0) is 9.59 Å². The molecular formula is C22H29FO3S. The summed E-state index contributed by atoms with van der Waals surface area (Å²) in [5.41, 5.74) is 0.590. The molecule has 1 N–H and O–H groups in total. The van der Waals surface area contributed by atoms with E-state index < -0.39 is 12.1 Å². The number of carbonyl (C=O) groups excluding carboxylic acids is 2. The molecule has 0 aromatic rings. The van der Waals surface area contributed by atoms with Crippen molar-refractivity contribution in [2.75, 3.05) is 6.01 Å². The van der Waals surface area contributed by atoms with Gasteiger partial charge in [-0.05, 0) is 61.0 Å². The third-order valence-corrected chi connectivity index (χ3v) is 8.93. The van der Waals surface area contributed by atoms with Crippen LogP contribution >= 0.6 is 11.8 Å². The molecule has 148 valence electrons. The second kappa shape index (κ2) is 6.55. The van der Waals surface area contributed by atoms with Crippen LogP contribution < -0.4 is 0 Å². The molecule has 8 atom stereocenters. The number of fused-ring (bicyclic) bond motifs is 5. The third kappa shape index (κ3) is 2.71. The lowest BCUT2D eigenvalue weighted by atomic mass is 9.47. The summed E-state index contributed by atoms with van der Waals surface area (Å²) in [5.74, 6) is 0.834. The minimum Gasteiger partial charge on any atom is -0.393 e. The molecule has 4 aliphatic carbocycles. The molecule has 0 heterocycles. The summed E-state index contributed by atoms with van der Waals surface area (Å²) in [6.45, 7) is 6.42. The van der Waals surface area contributed by atoms with Gasteiger partial charge in [0.1, 0.15) is 6.01 Å². The number of aliphatic hydroxyl groups excluding tert-OH is 1. The number of aliphatic hydroxyl groups is 1. The molecule has 3 fully saturated rings. The summed E-state index contributed by atoms with van der Waals surface area (Å²) in [7, 11) is 0. The SMILES string of the molecule is C[C@@H]1CC2C3CCC4=CC(=O)C=C[C@]4(C)C3[C@@H](O)C[C@]2(C)[C@H]1C(=O)SCF. The highest BCUT2D eigenvalue weighted by molar-refractivity contribution is 8.13. The minimum absolute atomic E-state index is 0.0412. The molecule has 0 radical (unpaired) electrons. The summed E-state index contributed by atoms with van der Waals surface area (Å²) >= 11 is 0.790. The lowest BCUT2D eigenvalue weighted by Gasteiger charge is -2.58. The van der Waals surface area contributed by atoms with E-state index in [4.69, 9.17) is 0 Å². The molecular weight excluding hydrogens is 363 g/mol. The van der Waals surface area contributed by atoms with Gasteiger partial charge in [0.15, 0.2) is 10.9 Å². The van der Waals surface area contributed by atoms with E-state index in [0.29, 0.717) is 18.3 Å². The highest BCUT2D eigenvalue weighted by Crippen LogP contribution is 2.67. The van der Waals surface area contributed by atoms with Crippen LogP contribution in [0.3, 0.4) is 0 Å². The van der Waals surface area contributed by atoms with Gasteiger partial charge in [-0.15, -0.1) is 0 Å². The minimum atomic E-state index is -0.678. The van der Waals surface area contributed by atoms with Crippen LogP contribution in [0.1, 0.15) is 46.5 Å². The number of thioether (sulfide) groups is 1. The number of ketones is 1. The van der Waals surface area contributed by atoms with Crippen molar-refractivity contribution >= 4 is 22.7 Å². The van der Waals surface area contributed by atoms with Crippen molar-refractivity contribution in [3.05, 3.63) is 23.8 Å². The van der Waals surface area contributed by atoms with Crippen molar-refractivity contribution in [2.45, 2.75) is 52.6 Å². The first-order valence-electron chi connectivity index (χ1n) is 10.1. The maximum Gasteiger partial charge on any atom is 0.195 e. The average molecular weight is 393 g/mol. The van der Waals surface area contributed by atoms with E-state index in [2.05, 4.69) is 20.8 Å². The Morgan fingerprint density at radius 1 is 1.41 bits per heavy atom. The highest BCUT2D eigenvalue weighted by Gasteiger charge is 2.64. The van der Waals surface area contributed by atoms with Crippen molar-refractivity contribution in [3.8, 4) is 0 Å². The van der Waals surface area contributed by atoms with Crippen molar-refractivity contribution < 1.29 is 19.1 Å². The number of alkyl halides is 1. The van der Waals surface area contributed by atoms with E-state index in [9.17, 15) is 19.1 Å². The fraction of sp³-hybridized carbons (Fsp3) is 0.727. The molecule has 0 saturated heterocycles. The molecule has 0 amide bonds. The molecule has 0 bridgehead atoms. The highest BCUT2D eigenvalue weighted by atomic mass is 32.2. The molecule has 5 heteroatoms. The molecule has 4 rings (SSSR count). The van der Waals surface area contributed by atoms with Crippen LogP contribution in [0.4, 0.5) is 4.39 Å². The predicted octanol–water partition coefficient (Wildman–Crippen LogP) is 4.31. The normalized spacial score (nSPS) is 48.5. The number of halogens is 1. The van der Waals surface area contributed by atoms with Gasteiger partial charge in [0.2, 0.25) is 0 Å². The Morgan fingerprint density at radius 2 is 2.15 bits per heavy atom. The van der Waals surface area contributed by atoms with Crippen LogP contribution in [0, 0.1) is 40.4 Å². The van der Waals surface area contributed by atoms with Gasteiger partial charge in [-0.1, -0.05) is 44.2 Å². The van der Waals surface area contributed by atoms with E-state index in [-0.39, 0.29) is 39.5 Å². The quantitative estimate of drug-likeness (QED) is 0.761. The van der Waals surface area contributed by atoms with E-state index in [1.807, 2.05) is 6.08 Å². The van der Waals surface area contributed by atoms with Gasteiger partial charge < -0.3 is 5.11 Å². The Balaban J connectivity index is 1.71. The van der Waals surface area contributed by atoms with E-state index in [1.54, 1.807) is 12.2 Å². The van der Waals surface area contributed by atoms with E-state index in [0.717, 1.165) is 36.6 Å². The van der Waals surface area contributed by atoms with Gasteiger partial charge in [-0.2, -0.15) is 0 Å². The second-order valence-corrected chi connectivity index (χ2v) is 10.5. The molecule has 3 saturated carbocycles. The summed E-state index contributed by atoms with van der Waals surface area (Å²) in [5, 5.41) is 11.2. The van der Waals surface area contributed by atoms with Gasteiger partial charge in [-0.3, -0.25) is 9.59 Å². The first kappa shape index (κ1) is 19.4. The zero-order chi connectivity index (χ0) is 19.6. The Hall–Kier alpha value is -0.940. The van der Waals surface area contributed by atoms with Crippen molar-refractivity contribution in [1.82, 2.24) is 0 Å². The van der Waals surface area contributed by atoms with Gasteiger partial charge in [0.05, 0.1) is 6.10 Å². The molecule has 27 heavy (non-hydrogen) atoms. The van der Waals surface area contributed by atoms with Crippen molar-refractivity contribution in [3.63, 3.8) is 0 Å². The summed E-state index contributed by atoms with van der Waals surface area (Å²) < 4.78 is 12.8. The molecule has 4 aliphatic rings.